The second-order valence-corrected chi connectivity index (χ2v) is 2.75. The van der Waals surface area contributed by atoms with Crippen molar-refractivity contribution < 1.29 is 19.1 Å². The Morgan fingerprint density at radius 2 is 2.09 bits per heavy atom. The maximum atomic E-state index is 10.9. The molecule has 0 unspecified atom stereocenters. The molecular weight excluding hydrogens is 148 g/mol. The van der Waals surface area contributed by atoms with E-state index in [0.29, 0.717) is 0 Å². The lowest BCUT2D eigenvalue weighted by Crippen LogP contribution is -2.30. The van der Waals surface area contributed by atoms with Crippen molar-refractivity contribution in [2.24, 2.45) is 5.41 Å². The molecule has 0 amide bonds. The van der Waals surface area contributed by atoms with Crippen LogP contribution < -0.4 is 0 Å². The molecular formula is C7H11O4. The highest BCUT2D eigenvalue weighted by Gasteiger charge is 2.29. The van der Waals surface area contributed by atoms with Gasteiger partial charge in [-0.15, -0.1) is 0 Å². The van der Waals surface area contributed by atoms with Gasteiger partial charge in [-0.3, -0.25) is 4.79 Å². The summed E-state index contributed by atoms with van der Waals surface area (Å²) >= 11 is 0. The summed E-state index contributed by atoms with van der Waals surface area (Å²) in [7, 11) is 1.29. The van der Waals surface area contributed by atoms with Crippen LogP contribution in [-0.4, -0.2) is 26.2 Å². The molecule has 0 fully saturated rings. The monoisotopic (exact) mass is 159 g/mol. The number of methoxy groups -OCH3 is 1. The fourth-order valence-electron chi connectivity index (χ4n) is 0.545. The molecule has 0 aliphatic carbocycles. The van der Waals surface area contributed by atoms with Crippen LogP contribution in [0.15, 0.2) is 0 Å². The highest BCUT2D eigenvalue weighted by Crippen LogP contribution is 2.16. The summed E-state index contributed by atoms with van der Waals surface area (Å²) in [6.07, 6.45) is 0. The van der Waals surface area contributed by atoms with E-state index in [1.165, 1.54) is 13.6 Å². The van der Waals surface area contributed by atoms with E-state index in [9.17, 15) is 9.59 Å². The van der Waals surface area contributed by atoms with Gasteiger partial charge < -0.3 is 9.47 Å². The summed E-state index contributed by atoms with van der Waals surface area (Å²) in [4.78, 5) is 20.6. The van der Waals surface area contributed by atoms with E-state index in [2.05, 4.69) is 9.47 Å². The van der Waals surface area contributed by atoms with Gasteiger partial charge in [0.05, 0.1) is 12.5 Å². The van der Waals surface area contributed by atoms with Crippen molar-refractivity contribution >= 4 is 12.4 Å². The highest BCUT2D eigenvalue weighted by molar-refractivity contribution is 5.76. The van der Waals surface area contributed by atoms with Crippen molar-refractivity contribution in [3.8, 4) is 0 Å². The van der Waals surface area contributed by atoms with Crippen LogP contribution in [0, 0.1) is 5.41 Å². The molecule has 0 rings (SSSR count). The molecule has 0 spiro atoms. The summed E-state index contributed by atoms with van der Waals surface area (Å²) in [6, 6.07) is 0. The average molecular weight is 159 g/mol. The SMILES string of the molecule is COC(=O)C(C)(C)CO[C]=O. The van der Waals surface area contributed by atoms with Gasteiger partial charge >= 0.3 is 12.4 Å². The molecule has 0 aromatic heterocycles. The molecule has 0 saturated heterocycles. The molecule has 1 radical (unpaired) electrons. The third kappa shape index (κ3) is 3.02. The van der Waals surface area contributed by atoms with E-state index < -0.39 is 11.4 Å². The predicted molar refractivity (Wildman–Crippen MR) is 37.4 cm³/mol. The summed E-state index contributed by atoms with van der Waals surface area (Å²) in [5.74, 6) is -0.409. The van der Waals surface area contributed by atoms with E-state index >= 15 is 0 Å². The van der Waals surface area contributed by atoms with Crippen molar-refractivity contribution in [2.75, 3.05) is 13.7 Å². The summed E-state index contributed by atoms with van der Waals surface area (Å²) in [5, 5.41) is 0. The zero-order valence-corrected chi connectivity index (χ0v) is 6.84. The molecule has 0 atom stereocenters. The Bertz CT molecular complexity index is 151. The van der Waals surface area contributed by atoms with Crippen molar-refractivity contribution in [3.63, 3.8) is 0 Å². The molecule has 0 saturated carbocycles. The van der Waals surface area contributed by atoms with E-state index in [0.717, 1.165) is 0 Å². The van der Waals surface area contributed by atoms with Crippen LogP contribution in [0.1, 0.15) is 13.8 Å². The minimum Gasteiger partial charge on any atom is -0.469 e. The summed E-state index contributed by atoms with van der Waals surface area (Å²) < 4.78 is 8.78. The van der Waals surface area contributed by atoms with Gasteiger partial charge in [0.25, 0.3) is 0 Å². The number of ether oxygens (including phenoxy) is 2. The van der Waals surface area contributed by atoms with Crippen LogP contribution in [0.4, 0.5) is 0 Å². The number of hydrogen-bond acceptors (Lipinski definition) is 4. The molecule has 11 heavy (non-hydrogen) atoms. The summed E-state index contributed by atoms with van der Waals surface area (Å²) in [6.45, 7) is 4.48. The second-order valence-electron chi connectivity index (χ2n) is 2.75. The Hall–Kier alpha value is -1.06. The molecule has 0 N–H and O–H groups in total. The van der Waals surface area contributed by atoms with Gasteiger partial charge in [0.15, 0.2) is 0 Å². The Balaban J connectivity index is 3.97. The molecule has 4 nitrogen and oxygen atoms in total. The van der Waals surface area contributed by atoms with Crippen LogP contribution in [0.3, 0.4) is 0 Å². The van der Waals surface area contributed by atoms with E-state index in [4.69, 9.17) is 0 Å². The van der Waals surface area contributed by atoms with Gasteiger partial charge in [0.2, 0.25) is 0 Å². The predicted octanol–water partition coefficient (Wildman–Crippen LogP) is 0.269. The Kier molecular flexibility index (Phi) is 3.57. The Morgan fingerprint density at radius 3 is 2.45 bits per heavy atom. The number of rotatable bonds is 4. The average Bonchev–Trinajstić information content (AvgIpc) is 1.99. The van der Waals surface area contributed by atoms with Gasteiger partial charge in [0, 0.05) is 0 Å². The standard InChI is InChI=1S/C7H11O4/c1-7(2,4-11-5-8)6(9)10-3/h4H2,1-3H3. The van der Waals surface area contributed by atoms with Crippen LogP contribution >= 0.6 is 0 Å². The maximum absolute atomic E-state index is 10.9. The van der Waals surface area contributed by atoms with Crippen LogP contribution in [0.2, 0.25) is 0 Å². The molecule has 0 heterocycles. The summed E-state index contributed by atoms with van der Waals surface area (Å²) in [5.41, 5.74) is -0.786. The first-order chi connectivity index (χ1) is 5.04. The molecule has 63 valence electrons. The molecule has 0 aromatic rings. The van der Waals surface area contributed by atoms with Gasteiger partial charge in [-0.25, -0.2) is 4.79 Å². The third-order valence-electron chi connectivity index (χ3n) is 1.23. The van der Waals surface area contributed by atoms with Crippen LogP contribution in [-0.2, 0) is 19.1 Å². The number of esters is 1. The molecule has 0 bridgehead atoms. The lowest BCUT2D eigenvalue weighted by molar-refractivity contribution is -0.152. The van der Waals surface area contributed by atoms with E-state index in [-0.39, 0.29) is 6.61 Å². The molecule has 0 aliphatic heterocycles. The maximum Gasteiger partial charge on any atom is 0.417 e. The van der Waals surface area contributed by atoms with Gasteiger partial charge in [0.1, 0.15) is 6.61 Å². The lowest BCUT2D eigenvalue weighted by atomic mass is 9.95. The number of carbonyl (C=O) groups excluding carboxylic acids is 2. The number of carbonyl (C=O) groups is 1. The Morgan fingerprint density at radius 1 is 1.55 bits per heavy atom. The van der Waals surface area contributed by atoms with Crippen molar-refractivity contribution in [2.45, 2.75) is 13.8 Å². The molecule has 0 aliphatic rings. The largest absolute Gasteiger partial charge is 0.469 e. The topological polar surface area (TPSA) is 52.6 Å². The van der Waals surface area contributed by atoms with Crippen molar-refractivity contribution in [3.05, 3.63) is 0 Å². The first kappa shape index (κ1) is 9.94. The van der Waals surface area contributed by atoms with Gasteiger partial charge in [-0.1, -0.05) is 0 Å². The highest BCUT2D eigenvalue weighted by atomic mass is 16.5. The first-order valence-electron chi connectivity index (χ1n) is 3.12. The van der Waals surface area contributed by atoms with Crippen molar-refractivity contribution in [1.29, 1.82) is 0 Å². The molecule has 4 heteroatoms. The normalized spacial score (nSPS) is 10.5. The quantitative estimate of drug-likeness (QED) is 0.552. The zero-order valence-electron chi connectivity index (χ0n) is 6.84. The minimum atomic E-state index is -0.786. The second kappa shape index (κ2) is 3.95. The third-order valence-corrected chi connectivity index (χ3v) is 1.23. The zero-order chi connectivity index (χ0) is 8.91. The minimum absolute atomic E-state index is 0.0107. The van der Waals surface area contributed by atoms with Gasteiger partial charge in [-0.05, 0) is 13.8 Å². The van der Waals surface area contributed by atoms with Crippen LogP contribution in [0.5, 0.6) is 0 Å². The van der Waals surface area contributed by atoms with E-state index in [1.807, 2.05) is 0 Å². The lowest BCUT2D eigenvalue weighted by Gasteiger charge is -2.18. The van der Waals surface area contributed by atoms with Gasteiger partial charge in [-0.2, -0.15) is 0 Å². The fourth-order valence-corrected chi connectivity index (χ4v) is 0.545. The Labute approximate surface area is 65.5 Å². The first-order valence-corrected chi connectivity index (χ1v) is 3.12. The number of hydrogen-bond donors (Lipinski definition) is 0. The van der Waals surface area contributed by atoms with Crippen LogP contribution in [0.25, 0.3) is 0 Å². The van der Waals surface area contributed by atoms with E-state index in [1.54, 1.807) is 13.8 Å². The smallest absolute Gasteiger partial charge is 0.417 e. The van der Waals surface area contributed by atoms with Crippen molar-refractivity contribution in [1.82, 2.24) is 0 Å². The molecule has 0 aromatic carbocycles. The fraction of sp³-hybridized carbons (Fsp3) is 0.714.